The minimum Gasteiger partial charge on any atom is -0.482 e. The molecule has 0 saturated carbocycles. The fourth-order valence-corrected chi connectivity index (χ4v) is 2.75. The fourth-order valence-electron chi connectivity index (χ4n) is 0.957. The zero-order chi connectivity index (χ0) is 13.2. The molecule has 1 aromatic rings. The Kier molecular flexibility index (Phi) is 4.48. The van der Waals surface area contributed by atoms with E-state index in [9.17, 15) is 13.2 Å². The standard InChI is InChI=1S/C8H6Cl3NO4S/c9-4-2-7(17(11,14)15)5(10)1-6(4)16-3-8(12)13/h1-2H,3H2,(H2,12,13). The van der Waals surface area contributed by atoms with Crippen molar-refractivity contribution in [2.24, 2.45) is 5.73 Å². The quantitative estimate of drug-likeness (QED) is 0.857. The molecule has 0 aromatic heterocycles. The van der Waals surface area contributed by atoms with Gasteiger partial charge in [-0.2, -0.15) is 0 Å². The molecular formula is C8H6Cl3NO4S. The molecule has 0 heterocycles. The second-order valence-corrected chi connectivity index (χ2v) is 6.25. The van der Waals surface area contributed by atoms with Gasteiger partial charge in [0.25, 0.3) is 15.0 Å². The van der Waals surface area contributed by atoms with Gasteiger partial charge in [0.05, 0.1) is 10.0 Å². The van der Waals surface area contributed by atoms with Crippen LogP contribution in [0.5, 0.6) is 5.75 Å². The van der Waals surface area contributed by atoms with Gasteiger partial charge in [-0.05, 0) is 6.07 Å². The van der Waals surface area contributed by atoms with Crippen LogP contribution in [0.25, 0.3) is 0 Å². The van der Waals surface area contributed by atoms with Gasteiger partial charge in [0.2, 0.25) is 0 Å². The molecule has 0 aliphatic rings. The highest BCUT2D eigenvalue weighted by Crippen LogP contribution is 2.34. The van der Waals surface area contributed by atoms with Crippen LogP contribution in [-0.4, -0.2) is 20.9 Å². The van der Waals surface area contributed by atoms with E-state index in [-0.39, 0.29) is 20.7 Å². The average molecular weight is 319 g/mol. The predicted octanol–water partition coefficient (Wildman–Crippen LogP) is 1.78. The summed E-state index contributed by atoms with van der Waals surface area (Å²) in [4.78, 5) is 10.2. The number of benzene rings is 1. The zero-order valence-electron chi connectivity index (χ0n) is 8.11. The van der Waals surface area contributed by atoms with E-state index in [2.05, 4.69) is 0 Å². The summed E-state index contributed by atoms with van der Waals surface area (Å²) in [5.74, 6) is -0.661. The number of hydrogen-bond donors (Lipinski definition) is 1. The molecule has 0 atom stereocenters. The number of nitrogens with two attached hydrogens (primary N) is 1. The summed E-state index contributed by atoms with van der Waals surface area (Å²) >= 11 is 11.4. The van der Waals surface area contributed by atoms with E-state index < -0.39 is 21.6 Å². The Morgan fingerprint density at radius 3 is 2.35 bits per heavy atom. The highest BCUT2D eigenvalue weighted by atomic mass is 35.7. The van der Waals surface area contributed by atoms with Gasteiger partial charge in [0.15, 0.2) is 6.61 Å². The van der Waals surface area contributed by atoms with Crippen LogP contribution in [0.15, 0.2) is 17.0 Å². The Bertz CT molecular complexity index is 558. The molecule has 0 unspecified atom stereocenters. The summed E-state index contributed by atoms with van der Waals surface area (Å²) in [5.41, 5.74) is 4.87. The molecule has 1 rings (SSSR count). The molecule has 17 heavy (non-hydrogen) atoms. The van der Waals surface area contributed by atoms with E-state index in [1.54, 1.807) is 0 Å². The second kappa shape index (κ2) is 5.30. The first-order chi connectivity index (χ1) is 7.71. The molecule has 0 fully saturated rings. The van der Waals surface area contributed by atoms with Crippen molar-refractivity contribution in [3.63, 3.8) is 0 Å². The second-order valence-electron chi connectivity index (χ2n) is 2.91. The first kappa shape index (κ1) is 14.4. The number of halogens is 3. The van der Waals surface area contributed by atoms with Gasteiger partial charge in [-0.3, -0.25) is 4.79 Å². The van der Waals surface area contributed by atoms with Crippen LogP contribution in [-0.2, 0) is 13.8 Å². The average Bonchev–Trinajstić information content (AvgIpc) is 2.17. The fraction of sp³-hybridized carbons (Fsp3) is 0.125. The van der Waals surface area contributed by atoms with Crippen LogP contribution in [0.2, 0.25) is 10.0 Å². The van der Waals surface area contributed by atoms with Crippen LogP contribution < -0.4 is 10.5 Å². The van der Waals surface area contributed by atoms with E-state index in [4.69, 9.17) is 44.4 Å². The van der Waals surface area contributed by atoms with Gasteiger partial charge in [-0.1, -0.05) is 23.2 Å². The number of hydrogen-bond acceptors (Lipinski definition) is 4. The normalized spacial score (nSPS) is 11.2. The third kappa shape index (κ3) is 3.92. The van der Waals surface area contributed by atoms with E-state index in [1.807, 2.05) is 0 Å². The van der Waals surface area contributed by atoms with Crippen molar-refractivity contribution in [1.82, 2.24) is 0 Å². The summed E-state index contributed by atoms with van der Waals surface area (Å²) in [6, 6.07) is 2.17. The number of rotatable bonds is 4. The Labute approximate surface area is 112 Å². The molecule has 94 valence electrons. The van der Waals surface area contributed by atoms with Gasteiger partial charge < -0.3 is 10.5 Å². The van der Waals surface area contributed by atoms with Crippen LogP contribution in [0, 0.1) is 0 Å². The summed E-state index contributed by atoms with van der Waals surface area (Å²) < 4.78 is 27.1. The molecule has 1 amide bonds. The topological polar surface area (TPSA) is 86.5 Å². The SMILES string of the molecule is NC(=O)COc1cc(Cl)c(S(=O)(=O)Cl)cc1Cl. The van der Waals surface area contributed by atoms with Crippen molar-refractivity contribution in [2.75, 3.05) is 6.61 Å². The summed E-state index contributed by atoms with van der Waals surface area (Å²) in [6.45, 7) is -0.400. The van der Waals surface area contributed by atoms with Crippen molar-refractivity contribution >= 4 is 48.8 Å². The Morgan fingerprint density at radius 1 is 1.29 bits per heavy atom. The maximum atomic E-state index is 11.1. The maximum Gasteiger partial charge on any atom is 0.262 e. The molecule has 0 aliphatic heterocycles. The lowest BCUT2D eigenvalue weighted by atomic mass is 10.3. The summed E-state index contributed by atoms with van der Waals surface area (Å²) in [6.07, 6.45) is 0. The lowest BCUT2D eigenvalue weighted by molar-refractivity contribution is -0.119. The number of carbonyl (C=O) groups is 1. The van der Waals surface area contributed by atoms with E-state index >= 15 is 0 Å². The third-order valence-corrected chi connectivity index (χ3v) is 3.70. The number of ether oxygens (including phenoxy) is 1. The van der Waals surface area contributed by atoms with Crippen molar-refractivity contribution in [2.45, 2.75) is 4.90 Å². The third-order valence-electron chi connectivity index (χ3n) is 1.62. The number of primary amides is 1. The van der Waals surface area contributed by atoms with Crippen LogP contribution in [0.3, 0.4) is 0 Å². The first-order valence-corrected chi connectivity index (χ1v) is 7.13. The van der Waals surface area contributed by atoms with Crippen LogP contribution >= 0.6 is 33.9 Å². The van der Waals surface area contributed by atoms with Gasteiger partial charge >= 0.3 is 0 Å². The Hall–Kier alpha value is -0.690. The lowest BCUT2D eigenvalue weighted by Crippen LogP contribution is -2.20. The monoisotopic (exact) mass is 317 g/mol. The number of amides is 1. The van der Waals surface area contributed by atoms with Crippen molar-refractivity contribution < 1.29 is 17.9 Å². The maximum absolute atomic E-state index is 11.1. The lowest BCUT2D eigenvalue weighted by Gasteiger charge is -2.08. The van der Waals surface area contributed by atoms with Crippen molar-refractivity contribution in [1.29, 1.82) is 0 Å². The molecular weight excluding hydrogens is 313 g/mol. The minimum atomic E-state index is -4.00. The van der Waals surface area contributed by atoms with Crippen LogP contribution in [0.4, 0.5) is 0 Å². The molecule has 0 spiro atoms. The highest BCUT2D eigenvalue weighted by Gasteiger charge is 2.18. The van der Waals surface area contributed by atoms with Crippen LogP contribution in [0.1, 0.15) is 0 Å². The largest absolute Gasteiger partial charge is 0.482 e. The molecule has 0 radical (unpaired) electrons. The minimum absolute atomic E-state index is 0.0412. The predicted molar refractivity (Wildman–Crippen MR) is 64.2 cm³/mol. The first-order valence-electron chi connectivity index (χ1n) is 4.06. The Balaban J connectivity index is 3.14. The smallest absolute Gasteiger partial charge is 0.262 e. The molecule has 2 N–H and O–H groups in total. The summed E-state index contributed by atoms with van der Waals surface area (Å²) in [5, 5.41) is -0.209. The molecule has 0 bridgehead atoms. The van der Waals surface area contributed by atoms with Gasteiger partial charge in [0, 0.05) is 16.7 Å². The molecule has 0 saturated heterocycles. The molecule has 9 heteroatoms. The molecule has 1 aromatic carbocycles. The highest BCUT2D eigenvalue weighted by molar-refractivity contribution is 8.13. The van der Waals surface area contributed by atoms with Gasteiger partial charge in [-0.25, -0.2) is 8.42 Å². The van der Waals surface area contributed by atoms with Gasteiger partial charge in [-0.15, -0.1) is 0 Å². The van der Waals surface area contributed by atoms with E-state index in [1.165, 1.54) is 0 Å². The van der Waals surface area contributed by atoms with Crippen molar-refractivity contribution in [3.8, 4) is 5.75 Å². The van der Waals surface area contributed by atoms with E-state index in [0.29, 0.717) is 0 Å². The molecule has 5 nitrogen and oxygen atoms in total. The summed E-state index contributed by atoms with van der Waals surface area (Å²) in [7, 11) is 1.13. The van der Waals surface area contributed by atoms with Gasteiger partial charge in [0.1, 0.15) is 10.6 Å². The van der Waals surface area contributed by atoms with E-state index in [0.717, 1.165) is 12.1 Å². The Morgan fingerprint density at radius 2 is 1.88 bits per heavy atom. The zero-order valence-corrected chi connectivity index (χ0v) is 11.2. The van der Waals surface area contributed by atoms with Crippen molar-refractivity contribution in [3.05, 3.63) is 22.2 Å². The number of carbonyl (C=O) groups excluding carboxylic acids is 1. The molecule has 0 aliphatic carbocycles.